The zero-order chi connectivity index (χ0) is 54.1. The first-order chi connectivity index (χ1) is 36.6. The highest BCUT2D eigenvalue weighted by Crippen LogP contribution is 2.49. The van der Waals surface area contributed by atoms with Crippen LogP contribution < -0.4 is 26.2 Å². The summed E-state index contributed by atoms with van der Waals surface area (Å²) in [6, 6.07) is 64.5. The van der Waals surface area contributed by atoms with E-state index in [0.717, 1.165) is 73.1 Å². The van der Waals surface area contributed by atoms with Crippen LogP contribution in [-0.4, -0.2) is 11.3 Å². The number of fused-ring (bicyclic) bond motifs is 7. The normalized spacial score (nSPS) is 13.4. The summed E-state index contributed by atoms with van der Waals surface area (Å²) in [5.41, 5.74) is 19.0. The van der Waals surface area contributed by atoms with Gasteiger partial charge < -0.3 is 14.4 Å². The van der Waals surface area contributed by atoms with Crippen molar-refractivity contribution in [3.8, 4) is 34.0 Å². The second-order valence-electron chi connectivity index (χ2n) is 24.2. The molecule has 0 fully saturated rings. The number of para-hydroxylation sites is 4. The minimum Gasteiger partial charge on any atom is -0.311 e. The number of aryl methyl sites for hydroxylation is 1. The second kappa shape index (κ2) is 17.6. The first-order valence-electron chi connectivity index (χ1n) is 26.6. The van der Waals surface area contributed by atoms with Crippen molar-refractivity contribution in [2.24, 2.45) is 0 Å². The molecule has 0 radical (unpaired) electrons. The minimum absolute atomic E-state index is 0.0131. The van der Waals surface area contributed by atoms with E-state index in [1.165, 1.54) is 50.8 Å². The van der Waals surface area contributed by atoms with Crippen molar-refractivity contribution in [1.82, 2.24) is 4.57 Å². The lowest BCUT2D eigenvalue weighted by Gasteiger charge is -2.45. The Labute approximate surface area is 450 Å². The van der Waals surface area contributed by atoms with Gasteiger partial charge in [0.05, 0.1) is 33.9 Å². The van der Waals surface area contributed by atoms with E-state index in [9.17, 15) is 18.4 Å². The zero-order valence-corrected chi connectivity index (χ0v) is 45.3. The number of alkyl halides is 3. The molecule has 9 aromatic carbocycles. The molecule has 0 saturated heterocycles. The Morgan fingerprint density at radius 2 is 0.961 bits per heavy atom. The average Bonchev–Trinajstić information content (AvgIpc) is 3.83. The van der Waals surface area contributed by atoms with Crippen LogP contribution in [0.1, 0.15) is 95.7 Å². The summed E-state index contributed by atoms with van der Waals surface area (Å²) in [6.07, 6.45) is -4.69. The molecule has 2 aliphatic rings. The molecule has 4 nitrogen and oxygen atoms in total. The van der Waals surface area contributed by atoms with Crippen LogP contribution in [0.3, 0.4) is 0 Å². The van der Waals surface area contributed by atoms with Gasteiger partial charge in [-0.1, -0.05) is 159 Å². The van der Waals surface area contributed by atoms with E-state index < -0.39 is 11.7 Å². The molecule has 0 amide bonds. The van der Waals surface area contributed by atoms with Crippen molar-refractivity contribution in [1.29, 1.82) is 5.26 Å². The van der Waals surface area contributed by atoms with E-state index in [0.29, 0.717) is 11.3 Å². The predicted octanol–water partition coefficient (Wildman–Crippen LogP) is 17.3. The molecule has 380 valence electrons. The molecule has 0 unspecified atom stereocenters. The smallest absolute Gasteiger partial charge is 0.311 e. The third-order valence-corrected chi connectivity index (χ3v) is 15.9. The van der Waals surface area contributed by atoms with Crippen LogP contribution in [0.25, 0.3) is 49.7 Å². The van der Waals surface area contributed by atoms with Gasteiger partial charge in [0.1, 0.15) is 0 Å². The highest BCUT2D eigenvalue weighted by Gasteiger charge is 2.44. The fraction of sp³-hybridized carbons (Fsp3) is 0.203. The van der Waals surface area contributed by atoms with Gasteiger partial charge in [-0.15, -0.1) is 0 Å². The summed E-state index contributed by atoms with van der Waals surface area (Å²) in [5, 5.41) is 11.6. The van der Waals surface area contributed by atoms with Gasteiger partial charge in [0.25, 0.3) is 6.71 Å². The third-order valence-electron chi connectivity index (χ3n) is 15.9. The Kier molecular flexibility index (Phi) is 11.4. The van der Waals surface area contributed by atoms with E-state index in [1.807, 2.05) is 36.4 Å². The standard InChI is InChI=1S/C69H60BF3N4/c1-42-31-46(66(2,3)4)38-49(32-42)75-61-25-17-13-21-56(61)70-57-22-14-18-26-62(57)76(50-39-47(67(5,6)7)37-48(40-50)68(8,9)10)64-36-45(35-63(75)65(64)70)44-28-30-60-54(34-44)53-20-12-16-24-59(53)77(60)58-23-15-11-19-52(58)51-29-27-43(41-74)33-55(51)69(71,72)73/h11-40H,1-10H3. The largest absolute Gasteiger partial charge is 0.417 e. The molecule has 0 aliphatic carbocycles. The molecule has 3 heterocycles. The van der Waals surface area contributed by atoms with E-state index in [-0.39, 0.29) is 34.1 Å². The number of hydrogen-bond acceptors (Lipinski definition) is 3. The molecule has 8 heteroatoms. The molecule has 77 heavy (non-hydrogen) atoms. The lowest BCUT2D eigenvalue weighted by atomic mass is 9.33. The van der Waals surface area contributed by atoms with E-state index in [2.05, 4.69) is 205 Å². The van der Waals surface area contributed by atoms with Crippen molar-refractivity contribution in [2.75, 3.05) is 9.80 Å². The SMILES string of the molecule is Cc1cc(N2c3ccccc3B3c4ccccc4N(c4cc(C(C)(C)C)cc(C(C)(C)C)c4)c4cc(-c5ccc6c(c5)c5ccccc5n6-c5ccccc5-c5ccc(C#N)cc5C(F)(F)F)cc2c43)cc(C(C)(C)C)c1. The molecule has 0 saturated carbocycles. The van der Waals surface area contributed by atoms with Gasteiger partial charge in [-0.05, 0) is 163 Å². The van der Waals surface area contributed by atoms with Gasteiger partial charge in [0, 0.05) is 50.5 Å². The van der Waals surface area contributed by atoms with E-state index in [1.54, 1.807) is 12.1 Å². The number of anilines is 6. The monoisotopic (exact) mass is 1010 g/mol. The van der Waals surface area contributed by atoms with Crippen LogP contribution in [0.5, 0.6) is 0 Å². The minimum atomic E-state index is -4.69. The number of benzene rings is 9. The van der Waals surface area contributed by atoms with Crippen molar-refractivity contribution in [3.05, 3.63) is 215 Å². The number of nitrogens with zero attached hydrogens (tertiary/aromatic N) is 4. The average molecular weight is 1010 g/mol. The van der Waals surface area contributed by atoms with Gasteiger partial charge in [0.2, 0.25) is 0 Å². The Bertz CT molecular complexity index is 4060. The second-order valence-corrected chi connectivity index (χ2v) is 24.2. The summed E-state index contributed by atoms with van der Waals surface area (Å²) in [4.78, 5) is 5.01. The van der Waals surface area contributed by atoms with Gasteiger partial charge >= 0.3 is 6.18 Å². The molecule has 0 bridgehead atoms. The first-order valence-corrected chi connectivity index (χ1v) is 26.6. The van der Waals surface area contributed by atoms with Crippen LogP contribution in [0.4, 0.5) is 47.3 Å². The molecule has 0 N–H and O–H groups in total. The quantitative estimate of drug-likeness (QED) is 0.161. The summed E-state index contributed by atoms with van der Waals surface area (Å²) in [5.74, 6) is 0. The fourth-order valence-corrected chi connectivity index (χ4v) is 11.9. The van der Waals surface area contributed by atoms with Crippen LogP contribution >= 0.6 is 0 Å². The molecule has 10 aromatic rings. The Hall–Kier alpha value is -8.28. The molecule has 2 aliphatic heterocycles. The van der Waals surface area contributed by atoms with E-state index in [4.69, 9.17) is 0 Å². The third kappa shape index (κ3) is 8.30. The Morgan fingerprint density at radius 3 is 1.55 bits per heavy atom. The number of aromatic nitrogens is 1. The van der Waals surface area contributed by atoms with Gasteiger partial charge in [-0.3, -0.25) is 0 Å². The predicted molar refractivity (Wildman–Crippen MR) is 316 cm³/mol. The van der Waals surface area contributed by atoms with Crippen molar-refractivity contribution in [3.63, 3.8) is 0 Å². The Balaban J connectivity index is 1.15. The lowest BCUT2D eigenvalue weighted by Crippen LogP contribution is -2.61. The van der Waals surface area contributed by atoms with Gasteiger partial charge in [0.15, 0.2) is 0 Å². The topological polar surface area (TPSA) is 35.2 Å². The molecular formula is C69H60BF3N4. The van der Waals surface area contributed by atoms with Crippen molar-refractivity contribution in [2.45, 2.75) is 91.7 Å². The van der Waals surface area contributed by atoms with Crippen molar-refractivity contribution < 1.29 is 13.2 Å². The lowest BCUT2D eigenvalue weighted by molar-refractivity contribution is -0.137. The molecule has 12 rings (SSSR count). The molecular weight excluding hydrogens is 953 g/mol. The Morgan fingerprint density at radius 1 is 0.442 bits per heavy atom. The molecule has 1 aromatic heterocycles. The summed E-state index contributed by atoms with van der Waals surface area (Å²) in [6.45, 7) is 22.7. The van der Waals surface area contributed by atoms with Gasteiger partial charge in [-0.2, -0.15) is 18.4 Å². The number of hydrogen-bond donors (Lipinski definition) is 0. The van der Waals surface area contributed by atoms with Crippen molar-refractivity contribution >= 4 is 79.0 Å². The maximum atomic E-state index is 14.9. The first kappa shape index (κ1) is 49.6. The summed E-state index contributed by atoms with van der Waals surface area (Å²) < 4.78 is 46.8. The number of nitriles is 1. The zero-order valence-electron chi connectivity index (χ0n) is 45.3. The molecule has 0 spiro atoms. The van der Waals surface area contributed by atoms with Gasteiger partial charge in [-0.25, -0.2) is 0 Å². The highest BCUT2D eigenvalue weighted by atomic mass is 19.4. The maximum Gasteiger partial charge on any atom is 0.417 e. The maximum absolute atomic E-state index is 14.9. The van der Waals surface area contributed by atoms with E-state index >= 15 is 0 Å². The summed E-state index contributed by atoms with van der Waals surface area (Å²) >= 11 is 0. The van der Waals surface area contributed by atoms with Crippen LogP contribution in [0, 0.1) is 18.3 Å². The summed E-state index contributed by atoms with van der Waals surface area (Å²) in [7, 11) is 0. The molecule has 0 atom stereocenters. The highest BCUT2D eigenvalue weighted by molar-refractivity contribution is 7.00. The van der Waals surface area contributed by atoms with Crippen LogP contribution in [-0.2, 0) is 22.4 Å². The number of rotatable bonds is 5. The van der Waals surface area contributed by atoms with Crippen LogP contribution in [0.15, 0.2) is 182 Å². The van der Waals surface area contributed by atoms with Crippen LogP contribution in [0.2, 0.25) is 0 Å². The fourth-order valence-electron chi connectivity index (χ4n) is 11.9. The number of halogens is 3.